The summed E-state index contributed by atoms with van der Waals surface area (Å²) < 4.78 is 2.73. The molecular formula is C12H16BrN5S. The summed E-state index contributed by atoms with van der Waals surface area (Å²) in [6.07, 6.45) is 0.902. The van der Waals surface area contributed by atoms with E-state index in [0.29, 0.717) is 0 Å². The molecule has 2 atom stereocenters. The highest BCUT2D eigenvalue weighted by Crippen LogP contribution is 2.36. The average molecular weight is 342 g/mol. The van der Waals surface area contributed by atoms with Gasteiger partial charge >= 0.3 is 0 Å². The third-order valence-electron chi connectivity index (χ3n) is 2.87. The zero-order valence-electron chi connectivity index (χ0n) is 10.8. The van der Waals surface area contributed by atoms with Crippen molar-refractivity contribution in [3.05, 3.63) is 34.3 Å². The number of hydrogen-bond acceptors (Lipinski definition) is 5. The number of hydrogen-bond donors (Lipinski definition) is 1. The van der Waals surface area contributed by atoms with E-state index in [2.05, 4.69) is 50.5 Å². The van der Waals surface area contributed by atoms with E-state index >= 15 is 0 Å². The van der Waals surface area contributed by atoms with Crippen LogP contribution in [0.15, 0.2) is 33.9 Å². The molecule has 0 radical (unpaired) electrons. The Morgan fingerprint density at radius 2 is 2.05 bits per heavy atom. The van der Waals surface area contributed by atoms with Crippen molar-refractivity contribution < 1.29 is 0 Å². The van der Waals surface area contributed by atoms with E-state index in [1.165, 1.54) is 5.56 Å². The Morgan fingerprint density at radius 3 is 2.58 bits per heavy atom. The van der Waals surface area contributed by atoms with Crippen LogP contribution >= 0.6 is 27.7 Å². The van der Waals surface area contributed by atoms with Crippen molar-refractivity contribution in [2.24, 2.45) is 12.8 Å². The first-order chi connectivity index (χ1) is 9.11. The van der Waals surface area contributed by atoms with Crippen molar-refractivity contribution in [3.8, 4) is 0 Å². The lowest BCUT2D eigenvalue weighted by Crippen LogP contribution is -2.26. The van der Waals surface area contributed by atoms with Crippen molar-refractivity contribution in [2.75, 3.05) is 0 Å². The molecule has 0 aliphatic rings. The van der Waals surface area contributed by atoms with Gasteiger partial charge in [-0.25, -0.2) is 4.68 Å². The predicted octanol–water partition coefficient (Wildman–Crippen LogP) is 2.54. The van der Waals surface area contributed by atoms with Crippen molar-refractivity contribution in [1.29, 1.82) is 0 Å². The van der Waals surface area contributed by atoms with Gasteiger partial charge in [-0.1, -0.05) is 46.7 Å². The first-order valence-corrected chi connectivity index (χ1v) is 7.69. The minimum absolute atomic E-state index is 0.0582. The largest absolute Gasteiger partial charge is 0.326 e. The first kappa shape index (κ1) is 14.5. The van der Waals surface area contributed by atoms with Crippen LogP contribution in [-0.4, -0.2) is 26.2 Å². The smallest absolute Gasteiger partial charge is 0.209 e. The van der Waals surface area contributed by atoms with Crippen LogP contribution in [0.2, 0.25) is 0 Å². The number of nitrogens with zero attached hydrogens (tertiary/aromatic N) is 4. The molecule has 2 aromatic rings. The van der Waals surface area contributed by atoms with E-state index < -0.39 is 0 Å². The molecule has 2 unspecified atom stereocenters. The Bertz CT molecular complexity index is 527. The fraction of sp³-hybridized carbons (Fsp3) is 0.417. The van der Waals surface area contributed by atoms with Gasteiger partial charge in [-0.05, 0) is 34.5 Å². The standard InChI is InChI=1S/C12H16BrN5S/c1-3-10(14)11(8-4-6-9(13)7-5-8)19-12-15-16-17-18(12)2/h4-7,10-11H,3,14H2,1-2H3. The zero-order valence-corrected chi connectivity index (χ0v) is 13.2. The van der Waals surface area contributed by atoms with Crippen molar-refractivity contribution >= 4 is 27.7 Å². The molecule has 7 heteroatoms. The number of thioether (sulfide) groups is 1. The fourth-order valence-corrected chi connectivity index (χ4v) is 3.13. The van der Waals surface area contributed by atoms with Gasteiger partial charge in [-0.2, -0.15) is 0 Å². The minimum atomic E-state index is 0.0582. The molecule has 0 aliphatic heterocycles. The SMILES string of the molecule is CCC(N)C(Sc1nnnn1C)c1ccc(Br)cc1. The van der Waals surface area contributed by atoms with Crippen LogP contribution in [0.3, 0.4) is 0 Å². The quantitative estimate of drug-likeness (QED) is 0.846. The van der Waals surface area contributed by atoms with Crippen LogP contribution in [0.5, 0.6) is 0 Å². The molecule has 5 nitrogen and oxygen atoms in total. The van der Waals surface area contributed by atoms with Crippen LogP contribution in [0.25, 0.3) is 0 Å². The van der Waals surface area contributed by atoms with Gasteiger partial charge in [-0.15, -0.1) is 5.10 Å². The van der Waals surface area contributed by atoms with E-state index in [4.69, 9.17) is 5.73 Å². The summed E-state index contributed by atoms with van der Waals surface area (Å²) in [4.78, 5) is 0. The van der Waals surface area contributed by atoms with Crippen LogP contribution in [0.4, 0.5) is 0 Å². The molecular weight excluding hydrogens is 326 g/mol. The first-order valence-electron chi connectivity index (χ1n) is 6.02. The normalized spacial score (nSPS) is 14.3. The predicted molar refractivity (Wildman–Crippen MR) is 79.8 cm³/mol. The lowest BCUT2D eigenvalue weighted by molar-refractivity contribution is 0.624. The molecule has 2 rings (SSSR count). The van der Waals surface area contributed by atoms with Gasteiger partial charge in [0, 0.05) is 17.6 Å². The summed E-state index contributed by atoms with van der Waals surface area (Å²) in [5, 5.41) is 12.4. The van der Waals surface area contributed by atoms with Crippen molar-refractivity contribution in [3.63, 3.8) is 0 Å². The molecule has 0 fully saturated rings. The second kappa shape index (κ2) is 6.49. The summed E-state index contributed by atoms with van der Waals surface area (Å²) in [5.74, 6) is 0. The number of halogens is 1. The zero-order chi connectivity index (χ0) is 13.8. The number of aryl methyl sites for hydroxylation is 1. The van der Waals surface area contributed by atoms with Crippen LogP contribution < -0.4 is 5.73 Å². The Kier molecular flexibility index (Phi) is 4.95. The highest BCUT2D eigenvalue weighted by molar-refractivity contribution is 9.10. The van der Waals surface area contributed by atoms with Crippen molar-refractivity contribution in [1.82, 2.24) is 20.2 Å². The third kappa shape index (κ3) is 3.55. The molecule has 0 saturated heterocycles. The van der Waals surface area contributed by atoms with Gasteiger partial charge < -0.3 is 5.73 Å². The molecule has 0 aliphatic carbocycles. The van der Waals surface area contributed by atoms with E-state index in [-0.39, 0.29) is 11.3 Å². The van der Waals surface area contributed by atoms with E-state index in [0.717, 1.165) is 16.0 Å². The summed E-state index contributed by atoms with van der Waals surface area (Å²) in [6, 6.07) is 8.28. The molecule has 2 N–H and O–H groups in total. The molecule has 0 saturated carbocycles. The van der Waals surface area contributed by atoms with E-state index in [1.54, 1.807) is 16.4 Å². The Morgan fingerprint density at radius 1 is 1.37 bits per heavy atom. The molecule has 0 bridgehead atoms. The topological polar surface area (TPSA) is 69.6 Å². The molecule has 0 amide bonds. The lowest BCUT2D eigenvalue weighted by atomic mass is 10.0. The van der Waals surface area contributed by atoms with Gasteiger partial charge in [0.25, 0.3) is 0 Å². The van der Waals surface area contributed by atoms with Crippen LogP contribution in [0.1, 0.15) is 24.2 Å². The number of nitrogens with two attached hydrogens (primary N) is 1. The number of tetrazole rings is 1. The molecule has 0 spiro atoms. The fourth-order valence-electron chi connectivity index (χ4n) is 1.70. The molecule has 1 heterocycles. The van der Waals surface area contributed by atoms with E-state index in [1.807, 2.05) is 19.2 Å². The van der Waals surface area contributed by atoms with E-state index in [9.17, 15) is 0 Å². The molecule has 1 aromatic carbocycles. The lowest BCUT2D eigenvalue weighted by Gasteiger charge is -2.22. The maximum Gasteiger partial charge on any atom is 0.209 e. The van der Waals surface area contributed by atoms with Gasteiger partial charge in [0.15, 0.2) is 0 Å². The van der Waals surface area contributed by atoms with Gasteiger partial charge in [0.05, 0.1) is 5.25 Å². The van der Waals surface area contributed by atoms with Gasteiger partial charge in [-0.3, -0.25) is 0 Å². The van der Waals surface area contributed by atoms with Gasteiger partial charge in [0.1, 0.15) is 0 Å². The average Bonchev–Trinajstić information content (AvgIpc) is 2.82. The molecule has 102 valence electrons. The van der Waals surface area contributed by atoms with Crippen LogP contribution in [-0.2, 0) is 7.05 Å². The second-order valence-corrected chi connectivity index (χ2v) is 6.27. The van der Waals surface area contributed by atoms with Crippen molar-refractivity contribution in [2.45, 2.75) is 29.8 Å². The Labute approximate surface area is 125 Å². The second-order valence-electron chi connectivity index (χ2n) is 4.25. The minimum Gasteiger partial charge on any atom is -0.326 e. The highest BCUT2D eigenvalue weighted by atomic mass is 79.9. The van der Waals surface area contributed by atoms with Gasteiger partial charge in [0.2, 0.25) is 5.16 Å². The third-order valence-corrected chi connectivity index (χ3v) is 4.83. The molecule has 1 aromatic heterocycles. The van der Waals surface area contributed by atoms with Crippen LogP contribution in [0, 0.1) is 0 Å². The summed E-state index contributed by atoms with van der Waals surface area (Å²) in [7, 11) is 1.83. The number of rotatable bonds is 5. The number of benzene rings is 1. The summed E-state index contributed by atoms with van der Waals surface area (Å²) >= 11 is 5.05. The maximum absolute atomic E-state index is 6.24. The monoisotopic (exact) mass is 341 g/mol. The Balaban J connectivity index is 2.26. The summed E-state index contributed by atoms with van der Waals surface area (Å²) in [5.41, 5.74) is 7.43. The molecule has 19 heavy (non-hydrogen) atoms. The maximum atomic E-state index is 6.24. The summed E-state index contributed by atoms with van der Waals surface area (Å²) in [6.45, 7) is 2.09. The Hall–Kier alpha value is -0.920. The highest BCUT2D eigenvalue weighted by Gasteiger charge is 2.22. The number of aromatic nitrogens is 4.